The van der Waals surface area contributed by atoms with Crippen molar-refractivity contribution in [3.8, 4) is 0 Å². The molecule has 0 aliphatic carbocycles. The molecule has 2 aromatic rings. The molecular formula is C19H18FNOS. The number of thioether (sulfide) groups is 1. The SMILES string of the molecule is CC1=C(C)C(Sc2ccc(F)cc2)N(Cc2ccccc2)C1=O. The molecule has 0 saturated carbocycles. The van der Waals surface area contributed by atoms with Crippen LogP contribution in [0.1, 0.15) is 19.4 Å². The molecule has 0 aromatic heterocycles. The van der Waals surface area contributed by atoms with E-state index in [4.69, 9.17) is 0 Å². The van der Waals surface area contributed by atoms with E-state index in [9.17, 15) is 9.18 Å². The number of halogens is 1. The molecular weight excluding hydrogens is 309 g/mol. The molecule has 1 aliphatic rings. The van der Waals surface area contributed by atoms with Gasteiger partial charge in [0, 0.05) is 17.0 Å². The molecule has 0 radical (unpaired) electrons. The van der Waals surface area contributed by atoms with Crippen LogP contribution in [0.5, 0.6) is 0 Å². The number of rotatable bonds is 4. The first kappa shape index (κ1) is 15.8. The summed E-state index contributed by atoms with van der Waals surface area (Å²) in [5, 5.41) is -0.0480. The van der Waals surface area contributed by atoms with Crippen LogP contribution in [0.2, 0.25) is 0 Å². The fourth-order valence-corrected chi connectivity index (χ4v) is 3.84. The highest BCUT2D eigenvalue weighted by atomic mass is 32.2. The zero-order chi connectivity index (χ0) is 16.4. The van der Waals surface area contributed by atoms with Crippen LogP contribution in [-0.4, -0.2) is 16.2 Å². The standard InChI is InChI=1S/C19H18FNOS/c1-13-14(2)19(23-17-10-8-16(20)9-11-17)21(18(13)22)12-15-6-4-3-5-7-15/h3-11,19H,12H2,1-2H3. The highest BCUT2D eigenvalue weighted by Crippen LogP contribution is 2.38. The van der Waals surface area contributed by atoms with Crippen molar-refractivity contribution in [2.45, 2.75) is 30.7 Å². The van der Waals surface area contributed by atoms with Gasteiger partial charge in [-0.05, 0) is 49.2 Å². The Bertz CT molecular complexity index is 740. The van der Waals surface area contributed by atoms with Gasteiger partial charge < -0.3 is 4.90 Å². The average molecular weight is 327 g/mol. The number of hydrogen-bond acceptors (Lipinski definition) is 2. The van der Waals surface area contributed by atoms with Crippen LogP contribution in [0.3, 0.4) is 0 Å². The van der Waals surface area contributed by atoms with Gasteiger partial charge in [0.15, 0.2) is 0 Å². The number of amides is 1. The van der Waals surface area contributed by atoms with Crippen LogP contribution in [0.25, 0.3) is 0 Å². The van der Waals surface area contributed by atoms with Crippen molar-refractivity contribution >= 4 is 17.7 Å². The van der Waals surface area contributed by atoms with Crippen molar-refractivity contribution in [3.63, 3.8) is 0 Å². The van der Waals surface area contributed by atoms with Gasteiger partial charge in [0.1, 0.15) is 11.2 Å². The third kappa shape index (κ3) is 3.32. The highest BCUT2D eigenvalue weighted by Gasteiger charge is 2.35. The molecule has 1 unspecified atom stereocenters. The largest absolute Gasteiger partial charge is 0.318 e. The van der Waals surface area contributed by atoms with E-state index in [0.717, 1.165) is 21.6 Å². The molecule has 0 fully saturated rings. The van der Waals surface area contributed by atoms with Crippen molar-refractivity contribution < 1.29 is 9.18 Å². The van der Waals surface area contributed by atoms with Crippen LogP contribution >= 0.6 is 11.8 Å². The van der Waals surface area contributed by atoms with Gasteiger partial charge in [-0.15, -0.1) is 0 Å². The molecule has 2 nitrogen and oxygen atoms in total. The quantitative estimate of drug-likeness (QED) is 0.816. The van der Waals surface area contributed by atoms with Crippen LogP contribution in [-0.2, 0) is 11.3 Å². The van der Waals surface area contributed by atoms with Gasteiger partial charge in [-0.25, -0.2) is 4.39 Å². The normalized spacial score (nSPS) is 18.0. The van der Waals surface area contributed by atoms with Crippen LogP contribution in [0.4, 0.5) is 4.39 Å². The first-order valence-corrected chi connectivity index (χ1v) is 8.38. The van der Waals surface area contributed by atoms with Crippen molar-refractivity contribution in [2.24, 2.45) is 0 Å². The molecule has 4 heteroatoms. The predicted octanol–water partition coefficient (Wildman–Crippen LogP) is 4.62. The van der Waals surface area contributed by atoms with Crippen LogP contribution < -0.4 is 0 Å². The van der Waals surface area contributed by atoms with E-state index < -0.39 is 0 Å². The van der Waals surface area contributed by atoms with E-state index in [-0.39, 0.29) is 17.1 Å². The maximum atomic E-state index is 13.1. The second-order valence-corrected chi connectivity index (χ2v) is 6.80. The van der Waals surface area contributed by atoms with E-state index in [0.29, 0.717) is 6.54 Å². The van der Waals surface area contributed by atoms with Gasteiger partial charge in [-0.1, -0.05) is 42.1 Å². The summed E-state index contributed by atoms with van der Waals surface area (Å²) in [5.74, 6) is -0.174. The molecule has 2 aromatic carbocycles. The Hall–Kier alpha value is -2.07. The topological polar surface area (TPSA) is 20.3 Å². The molecule has 1 atom stereocenters. The van der Waals surface area contributed by atoms with E-state index in [1.807, 2.05) is 49.1 Å². The Labute approximate surface area is 140 Å². The summed E-state index contributed by atoms with van der Waals surface area (Å²) in [6.07, 6.45) is 0. The summed E-state index contributed by atoms with van der Waals surface area (Å²) in [5.41, 5.74) is 2.98. The van der Waals surface area contributed by atoms with E-state index in [1.54, 1.807) is 23.9 Å². The average Bonchev–Trinajstić information content (AvgIpc) is 2.76. The number of benzene rings is 2. The van der Waals surface area contributed by atoms with Gasteiger partial charge in [0.25, 0.3) is 5.91 Å². The number of carbonyl (C=O) groups excluding carboxylic acids is 1. The Morgan fingerprint density at radius 1 is 1.04 bits per heavy atom. The van der Waals surface area contributed by atoms with Gasteiger partial charge in [-0.2, -0.15) is 0 Å². The second kappa shape index (κ2) is 6.59. The van der Waals surface area contributed by atoms with Crippen molar-refractivity contribution in [3.05, 3.63) is 77.1 Å². The molecule has 0 spiro atoms. The summed E-state index contributed by atoms with van der Waals surface area (Å²) in [6, 6.07) is 16.4. The third-order valence-corrected chi connectivity index (χ3v) is 5.46. The smallest absolute Gasteiger partial charge is 0.251 e. The zero-order valence-corrected chi connectivity index (χ0v) is 13.9. The molecule has 0 bridgehead atoms. The lowest BCUT2D eigenvalue weighted by atomic mass is 10.2. The Morgan fingerprint density at radius 2 is 1.70 bits per heavy atom. The van der Waals surface area contributed by atoms with E-state index in [1.165, 1.54) is 12.1 Å². The fraction of sp³-hybridized carbons (Fsp3) is 0.211. The molecule has 1 amide bonds. The summed E-state index contributed by atoms with van der Waals surface area (Å²) >= 11 is 1.58. The maximum Gasteiger partial charge on any atom is 0.251 e. The van der Waals surface area contributed by atoms with Crippen LogP contribution in [0.15, 0.2) is 70.6 Å². The van der Waals surface area contributed by atoms with Gasteiger partial charge in [-0.3, -0.25) is 4.79 Å². The lowest BCUT2D eigenvalue weighted by Crippen LogP contribution is -2.32. The van der Waals surface area contributed by atoms with Gasteiger partial charge >= 0.3 is 0 Å². The molecule has 0 saturated heterocycles. The maximum absolute atomic E-state index is 13.1. The van der Waals surface area contributed by atoms with Crippen molar-refractivity contribution in [2.75, 3.05) is 0 Å². The predicted molar refractivity (Wildman–Crippen MR) is 91.4 cm³/mol. The minimum atomic E-state index is -0.249. The molecule has 1 heterocycles. The Balaban J connectivity index is 1.84. The van der Waals surface area contributed by atoms with Gasteiger partial charge in [0.2, 0.25) is 0 Å². The first-order valence-electron chi connectivity index (χ1n) is 7.51. The third-order valence-electron chi connectivity index (χ3n) is 4.08. The Morgan fingerprint density at radius 3 is 2.35 bits per heavy atom. The number of nitrogens with zero attached hydrogens (tertiary/aromatic N) is 1. The summed E-state index contributed by atoms with van der Waals surface area (Å²) < 4.78 is 13.1. The monoisotopic (exact) mass is 327 g/mol. The van der Waals surface area contributed by atoms with Crippen molar-refractivity contribution in [1.29, 1.82) is 0 Å². The van der Waals surface area contributed by atoms with Crippen molar-refractivity contribution in [1.82, 2.24) is 4.90 Å². The summed E-state index contributed by atoms with van der Waals surface area (Å²) in [6.45, 7) is 4.45. The zero-order valence-electron chi connectivity index (χ0n) is 13.1. The van der Waals surface area contributed by atoms with Gasteiger partial charge in [0.05, 0.1) is 0 Å². The Kier molecular flexibility index (Phi) is 4.53. The molecule has 3 rings (SSSR count). The summed E-state index contributed by atoms with van der Waals surface area (Å²) in [4.78, 5) is 15.4. The molecule has 1 aliphatic heterocycles. The van der Waals surface area contributed by atoms with E-state index >= 15 is 0 Å². The first-order chi connectivity index (χ1) is 11.1. The summed E-state index contributed by atoms with van der Waals surface area (Å²) in [7, 11) is 0. The number of hydrogen-bond donors (Lipinski definition) is 0. The second-order valence-electron chi connectivity index (χ2n) is 5.65. The van der Waals surface area contributed by atoms with E-state index in [2.05, 4.69) is 0 Å². The molecule has 23 heavy (non-hydrogen) atoms. The molecule has 0 N–H and O–H groups in total. The molecule has 118 valence electrons. The highest BCUT2D eigenvalue weighted by molar-refractivity contribution is 8.00. The minimum absolute atomic E-state index is 0.0480. The lowest BCUT2D eigenvalue weighted by molar-refractivity contribution is -0.126. The fourth-order valence-electron chi connectivity index (χ4n) is 2.64. The van der Waals surface area contributed by atoms with Crippen LogP contribution in [0, 0.1) is 5.82 Å². The lowest BCUT2D eigenvalue weighted by Gasteiger charge is -2.26. The number of carbonyl (C=O) groups is 1. The minimum Gasteiger partial charge on any atom is -0.318 e.